The summed E-state index contributed by atoms with van der Waals surface area (Å²) in [6, 6.07) is 10.5. The average molecular weight is 382 g/mol. The van der Waals surface area contributed by atoms with Crippen LogP contribution in [0.4, 0.5) is 24.5 Å². The lowest BCUT2D eigenvalue weighted by molar-refractivity contribution is -0.167. The molecule has 0 unspecified atom stereocenters. The first-order valence-electron chi connectivity index (χ1n) is 7.72. The number of benzene rings is 2. The number of alkyl halides is 3. The van der Waals surface area contributed by atoms with Crippen molar-refractivity contribution < 1.29 is 32.2 Å². The summed E-state index contributed by atoms with van der Waals surface area (Å²) in [7, 11) is 2.94. The van der Waals surface area contributed by atoms with E-state index in [0.717, 1.165) is 0 Å². The van der Waals surface area contributed by atoms with Crippen molar-refractivity contribution in [2.75, 3.05) is 24.9 Å². The van der Waals surface area contributed by atoms with Gasteiger partial charge in [0.15, 0.2) is 11.5 Å². The average Bonchev–Trinajstić information content (AvgIpc) is 2.62. The molecule has 0 heterocycles. The number of carbonyl (C=O) groups is 2. The smallest absolute Gasteiger partial charge is 0.471 e. The molecular formula is C18H17F3N2O4. The lowest BCUT2D eigenvalue weighted by atomic mass is 10.1. The SMILES string of the molecule is COc1ccc(CC(=O)Nc2ccccc2NC(=O)C(F)(F)F)cc1OC. The number of ether oxygens (including phenoxy) is 2. The molecule has 0 saturated carbocycles. The first-order chi connectivity index (χ1) is 12.7. The molecular weight excluding hydrogens is 365 g/mol. The number of methoxy groups -OCH3 is 2. The maximum absolute atomic E-state index is 12.4. The van der Waals surface area contributed by atoms with Gasteiger partial charge in [-0.3, -0.25) is 9.59 Å². The first-order valence-corrected chi connectivity index (χ1v) is 7.72. The molecule has 2 aromatic rings. The summed E-state index contributed by atoms with van der Waals surface area (Å²) in [6.07, 6.45) is -5.08. The highest BCUT2D eigenvalue weighted by Crippen LogP contribution is 2.28. The van der Waals surface area contributed by atoms with E-state index in [-0.39, 0.29) is 17.8 Å². The Hall–Kier alpha value is -3.23. The van der Waals surface area contributed by atoms with Gasteiger partial charge in [-0.2, -0.15) is 13.2 Å². The quantitative estimate of drug-likeness (QED) is 0.803. The van der Waals surface area contributed by atoms with Gasteiger partial charge in [-0.1, -0.05) is 18.2 Å². The molecule has 0 spiro atoms. The van der Waals surface area contributed by atoms with E-state index in [2.05, 4.69) is 5.32 Å². The van der Waals surface area contributed by atoms with Crippen molar-refractivity contribution in [3.63, 3.8) is 0 Å². The Morgan fingerprint density at radius 2 is 1.52 bits per heavy atom. The van der Waals surface area contributed by atoms with E-state index in [1.165, 1.54) is 38.5 Å². The second-order valence-electron chi connectivity index (χ2n) is 5.41. The first kappa shape index (κ1) is 20.1. The monoisotopic (exact) mass is 382 g/mol. The highest BCUT2D eigenvalue weighted by molar-refractivity contribution is 6.01. The molecule has 0 aliphatic carbocycles. The molecule has 0 saturated heterocycles. The van der Waals surface area contributed by atoms with Crippen LogP contribution in [0.1, 0.15) is 5.56 Å². The summed E-state index contributed by atoms with van der Waals surface area (Å²) in [5, 5.41) is 4.23. The van der Waals surface area contributed by atoms with E-state index in [1.54, 1.807) is 23.5 Å². The van der Waals surface area contributed by atoms with Gasteiger partial charge in [-0.15, -0.1) is 0 Å². The molecule has 2 amide bonds. The van der Waals surface area contributed by atoms with Crippen LogP contribution in [0.25, 0.3) is 0 Å². The Morgan fingerprint density at radius 3 is 2.07 bits per heavy atom. The molecule has 0 aromatic heterocycles. The van der Waals surface area contributed by atoms with Crippen LogP contribution in [0.15, 0.2) is 42.5 Å². The van der Waals surface area contributed by atoms with Crippen LogP contribution in [0, 0.1) is 0 Å². The van der Waals surface area contributed by atoms with Crippen LogP contribution in [0.2, 0.25) is 0 Å². The number of para-hydroxylation sites is 2. The van der Waals surface area contributed by atoms with E-state index < -0.39 is 18.0 Å². The molecule has 0 atom stereocenters. The Bertz CT molecular complexity index is 838. The van der Waals surface area contributed by atoms with Crippen molar-refractivity contribution in [2.24, 2.45) is 0 Å². The van der Waals surface area contributed by atoms with Gasteiger partial charge < -0.3 is 20.1 Å². The molecule has 2 aromatic carbocycles. The van der Waals surface area contributed by atoms with Crippen molar-refractivity contribution in [3.8, 4) is 11.5 Å². The Kier molecular flexibility index (Phi) is 6.27. The highest BCUT2D eigenvalue weighted by atomic mass is 19.4. The van der Waals surface area contributed by atoms with Crippen molar-refractivity contribution in [1.29, 1.82) is 0 Å². The minimum atomic E-state index is -5.03. The molecule has 9 heteroatoms. The number of rotatable bonds is 6. The Morgan fingerprint density at radius 1 is 0.926 bits per heavy atom. The number of anilines is 2. The minimum absolute atomic E-state index is 0.0537. The second-order valence-corrected chi connectivity index (χ2v) is 5.41. The number of halogens is 3. The van der Waals surface area contributed by atoms with Crippen molar-refractivity contribution in [1.82, 2.24) is 0 Å². The molecule has 27 heavy (non-hydrogen) atoms. The largest absolute Gasteiger partial charge is 0.493 e. The number of amides is 2. The fourth-order valence-electron chi connectivity index (χ4n) is 2.26. The van der Waals surface area contributed by atoms with Crippen LogP contribution >= 0.6 is 0 Å². The van der Waals surface area contributed by atoms with E-state index in [4.69, 9.17) is 9.47 Å². The summed E-state index contributed by atoms with van der Waals surface area (Å²) in [6.45, 7) is 0. The summed E-state index contributed by atoms with van der Waals surface area (Å²) in [5.41, 5.74) is 0.517. The van der Waals surface area contributed by atoms with E-state index in [0.29, 0.717) is 17.1 Å². The number of hydrogen-bond donors (Lipinski definition) is 2. The fraction of sp³-hybridized carbons (Fsp3) is 0.222. The summed E-state index contributed by atoms with van der Waals surface area (Å²) in [5.74, 6) is -1.65. The van der Waals surface area contributed by atoms with Gasteiger partial charge in [0.25, 0.3) is 0 Å². The molecule has 0 aliphatic heterocycles. The van der Waals surface area contributed by atoms with Crippen LogP contribution in [-0.2, 0) is 16.0 Å². The summed E-state index contributed by atoms with van der Waals surface area (Å²) in [4.78, 5) is 23.4. The van der Waals surface area contributed by atoms with Crippen molar-refractivity contribution in [3.05, 3.63) is 48.0 Å². The van der Waals surface area contributed by atoms with Gasteiger partial charge in [0.1, 0.15) is 0 Å². The van der Waals surface area contributed by atoms with E-state index in [9.17, 15) is 22.8 Å². The predicted molar refractivity (Wildman–Crippen MR) is 93.0 cm³/mol. The van der Waals surface area contributed by atoms with Crippen LogP contribution in [0.3, 0.4) is 0 Å². The second kappa shape index (κ2) is 8.43. The fourth-order valence-corrected chi connectivity index (χ4v) is 2.26. The van der Waals surface area contributed by atoms with E-state index in [1.807, 2.05) is 0 Å². The third-order valence-corrected chi connectivity index (χ3v) is 3.52. The minimum Gasteiger partial charge on any atom is -0.493 e. The summed E-state index contributed by atoms with van der Waals surface area (Å²) < 4.78 is 47.6. The normalized spacial score (nSPS) is 10.9. The molecule has 0 aliphatic rings. The number of carbonyl (C=O) groups excluding carboxylic acids is 2. The maximum atomic E-state index is 12.4. The third-order valence-electron chi connectivity index (χ3n) is 3.52. The summed E-state index contributed by atoms with van der Waals surface area (Å²) >= 11 is 0. The third kappa shape index (κ3) is 5.37. The Balaban J connectivity index is 2.11. The van der Waals surface area contributed by atoms with Gasteiger partial charge in [-0.25, -0.2) is 0 Å². The zero-order chi connectivity index (χ0) is 20.0. The van der Waals surface area contributed by atoms with Crippen molar-refractivity contribution in [2.45, 2.75) is 12.6 Å². The zero-order valence-electron chi connectivity index (χ0n) is 14.5. The molecule has 2 N–H and O–H groups in total. The van der Waals surface area contributed by atoms with Gasteiger partial charge in [0.2, 0.25) is 5.91 Å². The maximum Gasteiger partial charge on any atom is 0.471 e. The molecule has 0 fully saturated rings. The van der Waals surface area contributed by atoms with Crippen molar-refractivity contribution >= 4 is 23.2 Å². The molecule has 2 rings (SSSR count). The standard InChI is InChI=1S/C18H17F3N2O4/c1-26-14-8-7-11(9-15(14)27-2)10-16(24)22-12-5-3-4-6-13(12)23-17(25)18(19,20)21/h3-9H,10H2,1-2H3,(H,22,24)(H,23,25). The van der Waals surface area contributed by atoms with Gasteiger partial charge in [0, 0.05) is 0 Å². The van der Waals surface area contributed by atoms with E-state index >= 15 is 0 Å². The molecule has 6 nitrogen and oxygen atoms in total. The molecule has 0 radical (unpaired) electrons. The lowest BCUT2D eigenvalue weighted by Crippen LogP contribution is -2.30. The number of hydrogen-bond acceptors (Lipinski definition) is 4. The van der Waals surface area contributed by atoms with Crippen LogP contribution in [-0.4, -0.2) is 32.2 Å². The zero-order valence-corrected chi connectivity index (χ0v) is 14.5. The van der Waals surface area contributed by atoms with Gasteiger partial charge in [-0.05, 0) is 29.8 Å². The Labute approximate surface area is 153 Å². The lowest BCUT2D eigenvalue weighted by Gasteiger charge is -2.14. The molecule has 144 valence electrons. The number of nitrogens with one attached hydrogen (secondary N) is 2. The van der Waals surface area contributed by atoms with Crippen LogP contribution < -0.4 is 20.1 Å². The topological polar surface area (TPSA) is 76.7 Å². The van der Waals surface area contributed by atoms with Gasteiger partial charge >= 0.3 is 12.1 Å². The van der Waals surface area contributed by atoms with Crippen LogP contribution in [0.5, 0.6) is 11.5 Å². The molecule has 0 bridgehead atoms. The predicted octanol–water partition coefficient (Wildman–Crippen LogP) is 3.39. The highest BCUT2D eigenvalue weighted by Gasteiger charge is 2.39. The van der Waals surface area contributed by atoms with Gasteiger partial charge in [0.05, 0.1) is 32.0 Å².